The first-order valence-electron chi connectivity index (χ1n) is 23.8. The molecule has 3 N–H and O–H groups in total. The highest BCUT2D eigenvalue weighted by atomic mass is 32.1. The average molecular weight is 1020 g/mol. The molecule has 5 aromatic rings. The number of carbonyl (C=O) groups excluding carboxylic acids is 4. The van der Waals surface area contributed by atoms with E-state index in [1.54, 1.807) is 36.9 Å². The molecule has 2 fully saturated rings. The lowest BCUT2D eigenvalue weighted by atomic mass is 9.85. The lowest BCUT2D eigenvalue weighted by molar-refractivity contribution is -0.144. The largest absolute Gasteiger partial charge is 0.494 e. The Kier molecular flexibility index (Phi) is 16.1. The van der Waals surface area contributed by atoms with Crippen LogP contribution in [0.4, 0.5) is 24.5 Å². The van der Waals surface area contributed by atoms with Crippen LogP contribution in [-0.2, 0) is 30.1 Å². The van der Waals surface area contributed by atoms with Crippen molar-refractivity contribution in [3.05, 3.63) is 120 Å². The molecule has 2 saturated heterocycles. The fourth-order valence-corrected chi connectivity index (χ4v) is 9.41. The molecule has 0 aliphatic carbocycles. The summed E-state index contributed by atoms with van der Waals surface area (Å²) in [6.07, 6.45) is -3.06. The van der Waals surface area contributed by atoms with Gasteiger partial charge >= 0.3 is 6.18 Å². The van der Waals surface area contributed by atoms with Gasteiger partial charge < -0.3 is 39.4 Å². The summed E-state index contributed by atoms with van der Waals surface area (Å²) in [6, 6.07) is 24.5. The molecule has 15 nitrogen and oxygen atoms in total. The van der Waals surface area contributed by atoms with Crippen molar-refractivity contribution < 1.29 is 51.3 Å². The monoisotopic (exact) mass is 1020 g/mol. The van der Waals surface area contributed by atoms with Crippen molar-refractivity contribution in [2.45, 2.75) is 104 Å². The molecule has 1 aromatic heterocycles. The summed E-state index contributed by atoms with van der Waals surface area (Å²) in [7, 11) is 0. The molecule has 0 unspecified atom stereocenters. The first-order valence-corrected chi connectivity index (χ1v) is 24.2. The number of anilines is 2. The van der Waals surface area contributed by atoms with Crippen LogP contribution in [0, 0.1) is 23.7 Å². The molecule has 0 saturated carbocycles. The van der Waals surface area contributed by atoms with E-state index >= 15 is 0 Å². The molecular formula is C54H58F3N7O8S. The SMILES string of the molecule is Cc1ncoc1-c1ccc([C@H](C)NC(=O)[C@@H]2C[C@@H](O)CN2C(=O)[C@@H](NC(=O)COCCCCOc2ccc(-c3ccc(N4C(=S)N(c5ccc(C#N)c(C(F)(F)F)c5)C(=O)C4(C)C)cc3)cc2)C(C)(C)C)cc1. The summed E-state index contributed by atoms with van der Waals surface area (Å²) >= 11 is 5.67. The molecule has 4 amide bonds. The van der Waals surface area contributed by atoms with E-state index in [1.165, 1.54) is 17.4 Å². The maximum atomic E-state index is 14.1. The molecule has 7 rings (SSSR count). The number of amides is 4. The smallest absolute Gasteiger partial charge is 0.417 e. The number of rotatable bonds is 17. The highest BCUT2D eigenvalue weighted by Crippen LogP contribution is 2.40. The van der Waals surface area contributed by atoms with Gasteiger partial charge in [0.15, 0.2) is 17.3 Å². The molecule has 2 aliphatic rings. The second kappa shape index (κ2) is 21.9. The number of hydrogen-bond donors (Lipinski definition) is 3. The number of halogens is 3. The van der Waals surface area contributed by atoms with E-state index in [0.717, 1.165) is 45.0 Å². The summed E-state index contributed by atoms with van der Waals surface area (Å²) in [5.41, 5.74) is 0.980. The fraction of sp³-hybridized carbons (Fsp3) is 0.389. The molecule has 4 aromatic carbocycles. The number of aromatic nitrogens is 1. The van der Waals surface area contributed by atoms with Crippen LogP contribution in [0.15, 0.2) is 102 Å². The van der Waals surface area contributed by atoms with Gasteiger partial charge in [0.25, 0.3) is 5.91 Å². The number of likely N-dealkylation sites (tertiary alicyclic amines) is 1. The number of hydrogen-bond acceptors (Lipinski definition) is 11. The van der Waals surface area contributed by atoms with Crippen molar-refractivity contribution in [2.24, 2.45) is 5.41 Å². The first-order chi connectivity index (χ1) is 34.5. The summed E-state index contributed by atoms with van der Waals surface area (Å²) in [5, 5.41) is 25.7. The highest BCUT2D eigenvalue weighted by molar-refractivity contribution is 7.81. The van der Waals surface area contributed by atoms with Gasteiger partial charge in [0.05, 0.1) is 47.3 Å². The zero-order valence-corrected chi connectivity index (χ0v) is 42.4. The van der Waals surface area contributed by atoms with E-state index in [1.807, 2.05) is 95.3 Å². The van der Waals surface area contributed by atoms with E-state index < -0.39 is 76.1 Å². The first kappa shape index (κ1) is 53.7. The number of β-amino-alcohol motifs (C(OH)–C–C–N with tert-alkyl or cyclic N) is 1. The Morgan fingerprint density at radius 2 is 1.55 bits per heavy atom. The third-order valence-corrected chi connectivity index (χ3v) is 13.3. The second-order valence-electron chi connectivity index (χ2n) is 19.7. The van der Waals surface area contributed by atoms with Crippen LogP contribution in [-0.4, -0.2) is 93.8 Å². The number of aliphatic hydroxyl groups excluding tert-OH is 1. The zero-order valence-electron chi connectivity index (χ0n) is 41.6. The van der Waals surface area contributed by atoms with Gasteiger partial charge in [0.1, 0.15) is 30.0 Å². The Morgan fingerprint density at radius 3 is 2.15 bits per heavy atom. The molecule has 2 aliphatic heterocycles. The van der Waals surface area contributed by atoms with Crippen LogP contribution in [0.25, 0.3) is 22.5 Å². The van der Waals surface area contributed by atoms with Crippen molar-refractivity contribution in [2.75, 3.05) is 36.2 Å². The number of nitriles is 1. The Balaban J connectivity index is 0.847. The number of aliphatic hydroxyl groups is 1. The topological polar surface area (TPSA) is 191 Å². The van der Waals surface area contributed by atoms with Gasteiger partial charge in [0.2, 0.25) is 17.7 Å². The van der Waals surface area contributed by atoms with Gasteiger partial charge in [0, 0.05) is 30.8 Å². The molecule has 73 heavy (non-hydrogen) atoms. The van der Waals surface area contributed by atoms with E-state index in [0.29, 0.717) is 36.6 Å². The highest BCUT2D eigenvalue weighted by Gasteiger charge is 2.51. The normalized spacial score (nSPS) is 17.6. The molecule has 19 heteroatoms. The third-order valence-electron chi connectivity index (χ3n) is 12.9. The van der Waals surface area contributed by atoms with Crippen LogP contribution in [0.2, 0.25) is 0 Å². The van der Waals surface area contributed by atoms with Gasteiger partial charge in [-0.15, -0.1) is 0 Å². The lowest BCUT2D eigenvalue weighted by Crippen LogP contribution is -2.58. The summed E-state index contributed by atoms with van der Waals surface area (Å²) in [5.74, 6) is -0.594. The van der Waals surface area contributed by atoms with Crippen LogP contribution in [0.1, 0.15) is 89.2 Å². The minimum atomic E-state index is -4.81. The predicted octanol–water partition coefficient (Wildman–Crippen LogP) is 8.67. The van der Waals surface area contributed by atoms with Gasteiger partial charge in [-0.05, 0) is 117 Å². The Morgan fingerprint density at radius 1 is 0.932 bits per heavy atom. The molecule has 3 heterocycles. The van der Waals surface area contributed by atoms with Crippen molar-refractivity contribution in [3.8, 4) is 34.3 Å². The van der Waals surface area contributed by atoms with Crippen LogP contribution in [0.3, 0.4) is 0 Å². The summed E-state index contributed by atoms with van der Waals surface area (Å²) in [6.45, 7) is 12.7. The van der Waals surface area contributed by atoms with Crippen molar-refractivity contribution >= 4 is 52.3 Å². The molecule has 384 valence electrons. The molecule has 0 radical (unpaired) electrons. The number of oxazole rings is 1. The second-order valence-corrected chi connectivity index (χ2v) is 20.1. The van der Waals surface area contributed by atoms with Crippen molar-refractivity contribution in [1.82, 2.24) is 20.5 Å². The van der Waals surface area contributed by atoms with Crippen molar-refractivity contribution in [3.63, 3.8) is 0 Å². The van der Waals surface area contributed by atoms with Crippen LogP contribution in [0.5, 0.6) is 5.75 Å². The fourth-order valence-electron chi connectivity index (χ4n) is 8.89. The maximum absolute atomic E-state index is 14.1. The Bertz CT molecular complexity index is 2880. The molecule has 4 atom stereocenters. The lowest BCUT2D eigenvalue weighted by Gasteiger charge is -2.35. The number of unbranched alkanes of at least 4 members (excludes halogenated alkanes) is 1. The van der Waals surface area contributed by atoms with E-state index in [9.17, 15) is 42.7 Å². The number of benzene rings is 4. The van der Waals surface area contributed by atoms with Gasteiger partial charge in [-0.25, -0.2) is 4.98 Å². The Labute approximate surface area is 427 Å². The van der Waals surface area contributed by atoms with Crippen LogP contribution < -0.4 is 25.2 Å². The van der Waals surface area contributed by atoms with Crippen LogP contribution >= 0.6 is 12.2 Å². The number of carbonyl (C=O) groups is 4. The summed E-state index contributed by atoms with van der Waals surface area (Å²) in [4.78, 5) is 62.6. The third kappa shape index (κ3) is 12.0. The van der Waals surface area contributed by atoms with Gasteiger partial charge in [-0.3, -0.25) is 24.1 Å². The average Bonchev–Trinajstić information content (AvgIpc) is 4.01. The number of nitrogens with zero attached hydrogens (tertiary/aromatic N) is 5. The molecule has 0 bridgehead atoms. The quantitative estimate of drug-likeness (QED) is 0.0595. The number of aryl methyl sites for hydroxylation is 1. The predicted molar refractivity (Wildman–Crippen MR) is 271 cm³/mol. The van der Waals surface area contributed by atoms with E-state index in [4.69, 9.17) is 26.1 Å². The standard InChI is InChI=1S/C54H58F3N7O8S/c1-32(34-10-12-37(13-11-34)46-33(2)59-31-72-46)60-48(67)44-27-41(65)29-62(44)49(68)47(52(3,4)5)61-45(66)30-70-24-8-9-25-71-42-22-17-36(18-23-42)35-14-19-39(20-15-35)64-51(73)63(50(69)53(64,6)7)40-21-16-38(28-58)43(26-40)54(55,56)57/h10-23,26,31-32,41,44,47,65H,8-9,24-25,27,29-30H2,1-7H3,(H,60,67)(H,61,66)/t32-,41+,44-,47+/m0/s1. The minimum absolute atomic E-state index is 0.00112. The maximum Gasteiger partial charge on any atom is 0.417 e. The minimum Gasteiger partial charge on any atom is -0.494 e. The van der Waals surface area contributed by atoms with Gasteiger partial charge in [-0.1, -0.05) is 69.3 Å². The van der Waals surface area contributed by atoms with Crippen molar-refractivity contribution in [1.29, 1.82) is 5.26 Å². The molecular weight excluding hydrogens is 964 g/mol. The number of alkyl halides is 3. The van der Waals surface area contributed by atoms with E-state index in [2.05, 4.69) is 15.6 Å². The van der Waals surface area contributed by atoms with E-state index in [-0.39, 0.29) is 37.0 Å². The van der Waals surface area contributed by atoms with Gasteiger partial charge in [-0.2, -0.15) is 18.4 Å². The molecule has 0 spiro atoms. The number of ether oxygens (including phenoxy) is 2. The zero-order chi connectivity index (χ0) is 53.0. The number of thiocarbonyl (C=S) groups is 1. The number of nitrogens with one attached hydrogen (secondary N) is 2. The Hall–Kier alpha value is -7.14. The summed E-state index contributed by atoms with van der Waals surface area (Å²) < 4.78 is 58.4.